The van der Waals surface area contributed by atoms with Crippen molar-refractivity contribution in [1.82, 2.24) is 9.80 Å². The lowest BCUT2D eigenvalue weighted by atomic mass is 10.1. The van der Waals surface area contributed by atoms with Crippen LogP contribution in [0.3, 0.4) is 0 Å². The maximum atomic E-state index is 13.0. The zero-order valence-corrected chi connectivity index (χ0v) is 12.6. The minimum atomic E-state index is -0.468. The van der Waals surface area contributed by atoms with Crippen LogP contribution in [0.2, 0.25) is 0 Å². The average Bonchev–Trinajstić information content (AvgIpc) is 2.37. The first-order valence-corrected chi connectivity index (χ1v) is 6.79. The van der Waals surface area contributed by atoms with Crippen molar-refractivity contribution in [1.29, 1.82) is 0 Å². The first-order valence-electron chi connectivity index (χ1n) is 6.79. The zero-order chi connectivity index (χ0) is 15.3. The molecule has 5 heteroatoms. The minimum absolute atomic E-state index is 0.00639. The highest BCUT2D eigenvalue weighted by atomic mass is 19.1. The summed E-state index contributed by atoms with van der Waals surface area (Å²) in [5.41, 5.74) is 0.631. The SMILES string of the molecule is CCCN(CC(=O)N(C)C)C(C)c1ccc(F)cc1O. The maximum Gasteiger partial charge on any atom is 0.236 e. The summed E-state index contributed by atoms with van der Waals surface area (Å²) in [6, 6.07) is 3.84. The number of phenols is 1. The van der Waals surface area contributed by atoms with Gasteiger partial charge in [0.05, 0.1) is 6.54 Å². The Hall–Kier alpha value is -1.62. The molecule has 0 fully saturated rings. The van der Waals surface area contributed by atoms with Crippen LogP contribution >= 0.6 is 0 Å². The second-order valence-electron chi connectivity index (χ2n) is 5.14. The first kappa shape index (κ1) is 16.4. The molecule has 1 unspecified atom stereocenters. The molecule has 0 radical (unpaired) electrons. The Kier molecular flexibility index (Phi) is 5.95. The molecular weight excluding hydrogens is 259 g/mol. The van der Waals surface area contributed by atoms with Crippen molar-refractivity contribution in [2.75, 3.05) is 27.2 Å². The monoisotopic (exact) mass is 282 g/mol. The van der Waals surface area contributed by atoms with Gasteiger partial charge in [0.2, 0.25) is 5.91 Å². The Bertz CT molecular complexity index is 463. The normalized spacial score (nSPS) is 12.5. The van der Waals surface area contributed by atoms with E-state index in [0.717, 1.165) is 19.0 Å². The molecule has 1 rings (SSSR count). The van der Waals surface area contributed by atoms with E-state index in [4.69, 9.17) is 0 Å². The summed E-state index contributed by atoms with van der Waals surface area (Å²) in [5, 5.41) is 9.86. The largest absolute Gasteiger partial charge is 0.508 e. The van der Waals surface area contributed by atoms with Crippen LogP contribution in [-0.2, 0) is 4.79 Å². The first-order chi connectivity index (χ1) is 9.36. The third-order valence-corrected chi connectivity index (χ3v) is 3.34. The molecule has 1 atom stereocenters. The van der Waals surface area contributed by atoms with E-state index in [2.05, 4.69) is 0 Å². The number of carbonyl (C=O) groups excluding carboxylic acids is 1. The Morgan fingerprint density at radius 2 is 2.05 bits per heavy atom. The summed E-state index contributed by atoms with van der Waals surface area (Å²) in [6.07, 6.45) is 0.896. The molecule has 0 saturated heterocycles. The van der Waals surface area contributed by atoms with Gasteiger partial charge in [0.15, 0.2) is 0 Å². The fourth-order valence-corrected chi connectivity index (χ4v) is 2.08. The van der Waals surface area contributed by atoms with Gasteiger partial charge in [-0.15, -0.1) is 0 Å². The Labute approximate surface area is 119 Å². The van der Waals surface area contributed by atoms with Gasteiger partial charge in [-0.05, 0) is 26.0 Å². The standard InChI is InChI=1S/C15H23FN2O2/c1-5-8-18(10-15(20)17(3)4)11(2)13-7-6-12(16)9-14(13)19/h6-7,9,11,19H,5,8,10H2,1-4H3. The molecule has 0 saturated carbocycles. The fraction of sp³-hybridized carbons (Fsp3) is 0.533. The van der Waals surface area contributed by atoms with Gasteiger partial charge in [0, 0.05) is 31.8 Å². The fourth-order valence-electron chi connectivity index (χ4n) is 2.08. The van der Waals surface area contributed by atoms with E-state index in [1.54, 1.807) is 25.1 Å². The van der Waals surface area contributed by atoms with E-state index >= 15 is 0 Å². The average molecular weight is 282 g/mol. The molecule has 112 valence electrons. The zero-order valence-electron chi connectivity index (χ0n) is 12.6. The van der Waals surface area contributed by atoms with Gasteiger partial charge in [-0.2, -0.15) is 0 Å². The van der Waals surface area contributed by atoms with Gasteiger partial charge >= 0.3 is 0 Å². The number of carbonyl (C=O) groups is 1. The molecule has 0 bridgehead atoms. The molecule has 4 nitrogen and oxygen atoms in total. The molecule has 0 spiro atoms. The van der Waals surface area contributed by atoms with E-state index in [9.17, 15) is 14.3 Å². The maximum absolute atomic E-state index is 13.0. The lowest BCUT2D eigenvalue weighted by Crippen LogP contribution is -2.38. The number of benzene rings is 1. The molecule has 1 N–H and O–H groups in total. The van der Waals surface area contributed by atoms with Crippen molar-refractivity contribution in [3.63, 3.8) is 0 Å². The molecule has 0 aliphatic rings. The van der Waals surface area contributed by atoms with Crippen molar-refractivity contribution in [3.8, 4) is 5.75 Å². The van der Waals surface area contributed by atoms with Gasteiger partial charge in [0.1, 0.15) is 11.6 Å². The second-order valence-corrected chi connectivity index (χ2v) is 5.14. The third-order valence-electron chi connectivity index (χ3n) is 3.34. The van der Waals surface area contributed by atoms with Crippen LogP contribution in [0.15, 0.2) is 18.2 Å². The van der Waals surface area contributed by atoms with Crippen LogP contribution in [0.4, 0.5) is 4.39 Å². The number of hydrogen-bond donors (Lipinski definition) is 1. The Balaban J connectivity index is 2.92. The Morgan fingerprint density at radius 1 is 1.40 bits per heavy atom. The van der Waals surface area contributed by atoms with Crippen molar-refractivity contribution >= 4 is 5.91 Å². The molecule has 1 aromatic carbocycles. The number of amides is 1. The van der Waals surface area contributed by atoms with E-state index in [1.807, 2.05) is 18.7 Å². The number of rotatable bonds is 6. The molecule has 20 heavy (non-hydrogen) atoms. The topological polar surface area (TPSA) is 43.8 Å². The summed E-state index contributed by atoms with van der Waals surface area (Å²) >= 11 is 0. The lowest BCUT2D eigenvalue weighted by Gasteiger charge is -2.29. The van der Waals surface area contributed by atoms with Gasteiger partial charge in [-0.25, -0.2) is 4.39 Å². The summed E-state index contributed by atoms with van der Waals surface area (Å²) in [7, 11) is 3.43. The van der Waals surface area contributed by atoms with Gasteiger partial charge in [-0.3, -0.25) is 9.69 Å². The van der Waals surface area contributed by atoms with E-state index in [0.29, 0.717) is 5.56 Å². The van der Waals surface area contributed by atoms with Crippen LogP contribution in [0.1, 0.15) is 31.9 Å². The highest BCUT2D eigenvalue weighted by Gasteiger charge is 2.21. The van der Waals surface area contributed by atoms with Gasteiger partial charge < -0.3 is 10.0 Å². The summed E-state index contributed by atoms with van der Waals surface area (Å²) in [6.45, 7) is 4.95. The van der Waals surface area contributed by atoms with Crippen molar-refractivity contribution in [2.24, 2.45) is 0 Å². The summed E-state index contributed by atoms with van der Waals surface area (Å²) in [4.78, 5) is 15.4. The molecule has 0 aliphatic heterocycles. The quantitative estimate of drug-likeness (QED) is 0.871. The third kappa shape index (κ3) is 4.20. The number of aromatic hydroxyl groups is 1. The second kappa shape index (κ2) is 7.24. The van der Waals surface area contributed by atoms with Gasteiger partial charge in [0.25, 0.3) is 0 Å². The van der Waals surface area contributed by atoms with Gasteiger partial charge in [-0.1, -0.05) is 13.0 Å². The van der Waals surface area contributed by atoms with E-state index < -0.39 is 5.82 Å². The van der Waals surface area contributed by atoms with E-state index in [1.165, 1.54) is 6.07 Å². The van der Waals surface area contributed by atoms with Crippen molar-refractivity contribution < 1.29 is 14.3 Å². The number of hydrogen-bond acceptors (Lipinski definition) is 3. The number of phenolic OH excluding ortho intramolecular Hbond substituents is 1. The van der Waals surface area contributed by atoms with Crippen LogP contribution in [-0.4, -0.2) is 48.0 Å². The van der Waals surface area contributed by atoms with Crippen LogP contribution in [0, 0.1) is 5.82 Å². The smallest absolute Gasteiger partial charge is 0.236 e. The van der Waals surface area contributed by atoms with Crippen LogP contribution < -0.4 is 0 Å². The predicted molar refractivity (Wildman–Crippen MR) is 77.0 cm³/mol. The highest BCUT2D eigenvalue weighted by Crippen LogP contribution is 2.29. The Morgan fingerprint density at radius 3 is 2.55 bits per heavy atom. The molecular formula is C15H23FN2O2. The number of nitrogens with zero attached hydrogens (tertiary/aromatic N) is 2. The summed E-state index contributed by atoms with van der Waals surface area (Å²) in [5.74, 6) is -0.535. The van der Waals surface area contributed by atoms with Crippen LogP contribution in [0.5, 0.6) is 5.75 Å². The molecule has 0 aromatic heterocycles. The van der Waals surface area contributed by atoms with Crippen molar-refractivity contribution in [2.45, 2.75) is 26.3 Å². The molecule has 0 aliphatic carbocycles. The van der Waals surface area contributed by atoms with Crippen molar-refractivity contribution in [3.05, 3.63) is 29.6 Å². The minimum Gasteiger partial charge on any atom is -0.508 e. The predicted octanol–water partition coefficient (Wildman–Crippen LogP) is 2.39. The lowest BCUT2D eigenvalue weighted by molar-refractivity contribution is -0.130. The molecule has 1 amide bonds. The van der Waals surface area contributed by atoms with Crippen LogP contribution in [0.25, 0.3) is 0 Å². The summed E-state index contributed by atoms with van der Waals surface area (Å²) < 4.78 is 13.0. The molecule has 0 heterocycles. The number of likely N-dealkylation sites (N-methyl/N-ethyl adjacent to an activating group) is 1. The van der Waals surface area contributed by atoms with E-state index in [-0.39, 0.29) is 24.2 Å². The highest BCUT2D eigenvalue weighted by molar-refractivity contribution is 5.77. The number of halogens is 1. The molecule has 1 aromatic rings.